The minimum absolute atomic E-state index is 0.0755. The van der Waals surface area contributed by atoms with Crippen LogP contribution < -0.4 is 10.1 Å². The minimum Gasteiger partial charge on any atom is -0.460 e. The van der Waals surface area contributed by atoms with Crippen molar-refractivity contribution in [3.8, 4) is 6.01 Å². The summed E-state index contributed by atoms with van der Waals surface area (Å²) in [7, 11) is 2.15. The topological polar surface area (TPSA) is 67.6 Å². The van der Waals surface area contributed by atoms with Gasteiger partial charge < -0.3 is 15.0 Å². The number of aromatic nitrogens is 4. The number of benzene rings is 1. The fourth-order valence-electron chi connectivity index (χ4n) is 3.81. The first-order chi connectivity index (χ1) is 14.4. The molecule has 1 aliphatic heterocycles. The van der Waals surface area contributed by atoms with Crippen LogP contribution in [-0.2, 0) is 0 Å². The average molecular weight is 409 g/mol. The number of hydrogen-bond donors (Lipinski definition) is 1. The normalized spacial score (nSPS) is 16.9. The predicted octanol–water partition coefficient (Wildman–Crippen LogP) is 4.20. The van der Waals surface area contributed by atoms with Gasteiger partial charge in [0.1, 0.15) is 6.10 Å². The molecule has 1 aromatic carbocycles. The molecular formula is C23H32N6O. The number of nitrogens with zero attached hydrogens (tertiary/aromatic N) is 5. The zero-order chi connectivity index (χ0) is 21.3. The number of hydrogen-bond acceptors (Lipinski definition) is 6. The minimum atomic E-state index is 0.0755. The second-order valence-corrected chi connectivity index (χ2v) is 8.72. The van der Waals surface area contributed by atoms with Gasteiger partial charge in [-0.1, -0.05) is 43.7 Å². The standard InChI is InChI=1S/C23H32N6O/c1-15(2)20-14-24-29-21(20)26-23(30-19-10-12-28(5)13-11-19)27-22(29)25-17(4)18-8-6-16(3)7-9-18/h6-9,14-15,17,19H,10-13H2,1-5H3,(H,25,26,27). The summed E-state index contributed by atoms with van der Waals surface area (Å²) < 4.78 is 8.02. The summed E-state index contributed by atoms with van der Waals surface area (Å²) >= 11 is 0. The zero-order valence-electron chi connectivity index (χ0n) is 18.6. The third kappa shape index (κ3) is 4.41. The van der Waals surface area contributed by atoms with Crippen molar-refractivity contribution in [3.05, 3.63) is 47.2 Å². The molecule has 1 fully saturated rings. The Hall–Kier alpha value is -2.67. The van der Waals surface area contributed by atoms with Gasteiger partial charge in [-0.15, -0.1) is 0 Å². The zero-order valence-corrected chi connectivity index (χ0v) is 18.6. The lowest BCUT2D eigenvalue weighted by atomic mass is 10.1. The van der Waals surface area contributed by atoms with Crippen molar-refractivity contribution in [2.24, 2.45) is 0 Å². The Bertz CT molecular complexity index is 989. The predicted molar refractivity (Wildman–Crippen MR) is 119 cm³/mol. The Morgan fingerprint density at radius 2 is 1.77 bits per heavy atom. The molecular weight excluding hydrogens is 376 g/mol. The van der Waals surface area contributed by atoms with Crippen LogP contribution in [0, 0.1) is 6.92 Å². The molecule has 0 aliphatic carbocycles. The summed E-state index contributed by atoms with van der Waals surface area (Å²) in [6.07, 6.45) is 4.01. The first-order valence-corrected chi connectivity index (χ1v) is 10.8. The molecule has 30 heavy (non-hydrogen) atoms. The third-order valence-corrected chi connectivity index (χ3v) is 5.86. The molecule has 0 radical (unpaired) electrons. The fourth-order valence-corrected chi connectivity index (χ4v) is 3.81. The molecule has 160 valence electrons. The summed E-state index contributed by atoms with van der Waals surface area (Å²) in [5, 5.41) is 8.08. The van der Waals surface area contributed by atoms with Crippen LogP contribution >= 0.6 is 0 Å². The van der Waals surface area contributed by atoms with Crippen molar-refractivity contribution in [2.75, 3.05) is 25.5 Å². The van der Waals surface area contributed by atoms with E-state index in [1.165, 1.54) is 11.1 Å². The SMILES string of the molecule is Cc1ccc(C(C)Nc2nc(OC3CCN(C)CC3)nc3c(C(C)C)cnn23)cc1. The van der Waals surface area contributed by atoms with Crippen molar-refractivity contribution < 1.29 is 4.74 Å². The third-order valence-electron chi connectivity index (χ3n) is 5.86. The van der Waals surface area contributed by atoms with Crippen LogP contribution in [0.2, 0.25) is 0 Å². The highest BCUT2D eigenvalue weighted by molar-refractivity contribution is 5.53. The van der Waals surface area contributed by atoms with Gasteiger partial charge in [0.05, 0.1) is 12.2 Å². The quantitative estimate of drug-likeness (QED) is 0.659. The first kappa shape index (κ1) is 20.6. The largest absolute Gasteiger partial charge is 0.460 e. The summed E-state index contributed by atoms with van der Waals surface area (Å²) in [6.45, 7) is 10.6. The number of nitrogens with one attached hydrogen (secondary N) is 1. The number of rotatable bonds is 6. The van der Waals surface area contributed by atoms with Gasteiger partial charge >= 0.3 is 6.01 Å². The van der Waals surface area contributed by atoms with Crippen LogP contribution in [0.25, 0.3) is 5.65 Å². The average Bonchev–Trinajstić information content (AvgIpc) is 3.15. The van der Waals surface area contributed by atoms with Crippen LogP contribution in [0.5, 0.6) is 6.01 Å². The maximum atomic E-state index is 6.23. The van der Waals surface area contributed by atoms with Crippen LogP contribution in [0.3, 0.4) is 0 Å². The van der Waals surface area contributed by atoms with Gasteiger partial charge in [0.2, 0.25) is 5.95 Å². The molecule has 3 heterocycles. The van der Waals surface area contributed by atoms with Gasteiger partial charge in [-0.25, -0.2) is 0 Å². The van der Waals surface area contributed by atoms with Gasteiger partial charge in [-0.2, -0.15) is 19.6 Å². The molecule has 1 aliphatic rings. The molecule has 1 N–H and O–H groups in total. The number of piperidine rings is 1. The van der Waals surface area contributed by atoms with Crippen molar-refractivity contribution in [1.82, 2.24) is 24.5 Å². The second-order valence-electron chi connectivity index (χ2n) is 8.72. The van der Waals surface area contributed by atoms with E-state index < -0.39 is 0 Å². The maximum Gasteiger partial charge on any atom is 0.322 e. The molecule has 7 heteroatoms. The molecule has 0 spiro atoms. The lowest BCUT2D eigenvalue weighted by Crippen LogP contribution is -2.36. The van der Waals surface area contributed by atoms with Gasteiger partial charge in [0.25, 0.3) is 0 Å². The summed E-state index contributed by atoms with van der Waals surface area (Å²) in [4.78, 5) is 11.8. The highest BCUT2D eigenvalue weighted by Crippen LogP contribution is 2.26. The Labute approximate surface area is 178 Å². The van der Waals surface area contributed by atoms with Crippen molar-refractivity contribution in [2.45, 2.75) is 58.6 Å². The Morgan fingerprint density at radius 1 is 1.07 bits per heavy atom. The van der Waals surface area contributed by atoms with Crippen molar-refractivity contribution in [1.29, 1.82) is 0 Å². The molecule has 0 bridgehead atoms. The van der Waals surface area contributed by atoms with E-state index in [1.54, 1.807) is 4.52 Å². The molecule has 1 unspecified atom stereocenters. The highest BCUT2D eigenvalue weighted by atomic mass is 16.5. The van der Waals surface area contributed by atoms with E-state index in [9.17, 15) is 0 Å². The number of ether oxygens (including phenoxy) is 1. The van der Waals surface area contributed by atoms with E-state index in [0.717, 1.165) is 37.1 Å². The summed E-state index contributed by atoms with van der Waals surface area (Å²) in [6, 6.07) is 9.04. The number of anilines is 1. The number of likely N-dealkylation sites (tertiary alicyclic amines) is 1. The van der Waals surface area contributed by atoms with Crippen LogP contribution in [0.15, 0.2) is 30.5 Å². The fraction of sp³-hybridized carbons (Fsp3) is 0.522. The van der Waals surface area contributed by atoms with Crippen LogP contribution in [0.1, 0.15) is 62.3 Å². The van der Waals surface area contributed by atoms with Crippen molar-refractivity contribution in [3.63, 3.8) is 0 Å². The molecule has 2 aromatic heterocycles. The monoisotopic (exact) mass is 408 g/mol. The number of aryl methyl sites for hydroxylation is 1. The van der Waals surface area contributed by atoms with Crippen molar-refractivity contribution >= 4 is 11.6 Å². The van der Waals surface area contributed by atoms with E-state index in [-0.39, 0.29) is 12.1 Å². The van der Waals surface area contributed by atoms with E-state index in [2.05, 4.69) is 74.3 Å². The molecule has 1 saturated heterocycles. The first-order valence-electron chi connectivity index (χ1n) is 10.8. The molecule has 1 atom stereocenters. The molecule has 7 nitrogen and oxygen atoms in total. The Balaban J connectivity index is 1.65. The van der Waals surface area contributed by atoms with E-state index in [0.29, 0.717) is 17.9 Å². The lowest BCUT2D eigenvalue weighted by molar-refractivity contribution is 0.105. The Morgan fingerprint density at radius 3 is 2.43 bits per heavy atom. The molecule has 3 aromatic rings. The highest BCUT2D eigenvalue weighted by Gasteiger charge is 2.22. The van der Waals surface area contributed by atoms with Crippen LogP contribution in [0.4, 0.5) is 5.95 Å². The summed E-state index contributed by atoms with van der Waals surface area (Å²) in [5.74, 6) is 0.971. The van der Waals surface area contributed by atoms with Gasteiger partial charge in [-0.05, 0) is 45.2 Å². The van der Waals surface area contributed by atoms with Gasteiger partial charge in [-0.3, -0.25) is 0 Å². The molecule has 0 saturated carbocycles. The van der Waals surface area contributed by atoms with E-state index >= 15 is 0 Å². The summed E-state index contributed by atoms with van der Waals surface area (Å²) in [5.41, 5.74) is 4.34. The van der Waals surface area contributed by atoms with Crippen LogP contribution in [-0.4, -0.2) is 50.7 Å². The van der Waals surface area contributed by atoms with Gasteiger partial charge in [0, 0.05) is 18.7 Å². The van der Waals surface area contributed by atoms with Gasteiger partial charge in [0.15, 0.2) is 5.65 Å². The number of fused-ring (bicyclic) bond motifs is 1. The van der Waals surface area contributed by atoms with E-state index in [1.807, 2.05) is 6.20 Å². The van der Waals surface area contributed by atoms with E-state index in [4.69, 9.17) is 14.7 Å². The molecule has 0 amide bonds. The molecule has 4 rings (SSSR count). The maximum absolute atomic E-state index is 6.23. The Kier molecular flexibility index (Phi) is 5.90. The smallest absolute Gasteiger partial charge is 0.322 e. The lowest BCUT2D eigenvalue weighted by Gasteiger charge is -2.28. The second kappa shape index (κ2) is 8.60.